The number of hydrogen-bond donors (Lipinski definition) is 1. The highest BCUT2D eigenvalue weighted by molar-refractivity contribution is 5.97. The maximum Gasteiger partial charge on any atom is 0.355 e. The number of ether oxygens (including phenoxy) is 3. The van der Waals surface area contributed by atoms with Gasteiger partial charge in [0.05, 0.1) is 19.7 Å². The van der Waals surface area contributed by atoms with Crippen molar-refractivity contribution in [2.45, 2.75) is 6.61 Å². The number of benzene rings is 2. The van der Waals surface area contributed by atoms with Gasteiger partial charge in [-0.2, -0.15) is 0 Å². The fourth-order valence-corrected chi connectivity index (χ4v) is 2.41. The zero-order valence-corrected chi connectivity index (χ0v) is 13.3. The number of rotatable bonds is 5. The largest absolute Gasteiger partial charge is 0.497 e. The van der Waals surface area contributed by atoms with E-state index < -0.39 is 11.8 Å². The molecule has 24 heavy (non-hydrogen) atoms. The number of methoxy groups -OCH3 is 2. The number of aromatic nitrogens is 1. The van der Waals surface area contributed by atoms with E-state index in [1.165, 1.54) is 13.2 Å². The predicted octanol–water partition coefficient (Wildman–Crippen LogP) is 3.68. The monoisotopic (exact) mass is 329 g/mol. The van der Waals surface area contributed by atoms with Crippen LogP contribution in [-0.4, -0.2) is 25.2 Å². The Bertz CT molecular complexity index is 888. The van der Waals surface area contributed by atoms with E-state index in [-0.39, 0.29) is 12.3 Å². The van der Waals surface area contributed by atoms with Gasteiger partial charge in [0.1, 0.15) is 29.6 Å². The van der Waals surface area contributed by atoms with E-state index >= 15 is 0 Å². The molecule has 0 bridgehead atoms. The summed E-state index contributed by atoms with van der Waals surface area (Å²) in [4.78, 5) is 15.2. The second-order valence-electron chi connectivity index (χ2n) is 5.14. The molecule has 0 aliphatic heterocycles. The van der Waals surface area contributed by atoms with Gasteiger partial charge in [0.25, 0.3) is 0 Å². The molecule has 0 unspecified atom stereocenters. The van der Waals surface area contributed by atoms with Crippen LogP contribution in [0.1, 0.15) is 16.1 Å². The number of hydrogen-bond acceptors (Lipinski definition) is 4. The van der Waals surface area contributed by atoms with Crippen molar-refractivity contribution >= 4 is 16.9 Å². The molecule has 3 aromatic rings. The molecule has 0 spiro atoms. The summed E-state index contributed by atoms with van der Waals surface area (Å²) in [5.41, 5.74) is 1.24. The SMILES string of the molecule is COc1cc(OC)c2[nH]c(C(=O)OCc3ccccc3F)cc2c1. The minimum absolute atomic E-state index is 0.138. The first-order valence-electron chi connectivity index (χ1n) is 7.27. The molecule has 3 rings (SSSR count). The first kappa shape index (κ1) is 15.9. The van der Waals surface area contributed by atoms with Crippen molar-refractivity contribution in [2.75, 3.05) is 14.2 Å². The molecule has 5 nitrogen and oxygen atoms in total. The normalized spacial score (nSPS) is 10.6. The number of fused-ring (bicyclic) bond motifs is 1. The molecule has 0 atom stereocenters. The molecule has 1 N–H and O–H groups in total. The van der Waals surface area contributed by atoms with Crippen molar-refractivity contribution in [3.05, 3.63) is 59.5 Å². The summed E-state index contributed by atoms with van der Waals surface area (Å²) >= 11 is 0. The molecule has 124 valence electrons. The van der Waals surface area contributed by atoms with Crippen molar-refractivity contribution in [1.29, 1.82) is 0 Å². The number of aromatic amines is 1. The molecule has 0 amide bonds. The Morgan fingerprint density at radius 2 is 1.92 bits per heavy atom. The fourth-order valence-electron chi connectivity index (χ4n) is 2.41. The van der Waals surface area contributed by atoms with Gasteiger partial charge in [-0.25, -0.2) is 9.18 Å². The third-order valence-corrected chi connectivity index (χ3v) is 3.66. The van der Waals surface area contributed by atoms with Crippen molar-refractivity contribution < 1.29 is 23.4 Å². The van der Waals surface area contributed by atoms with Gasteiger partial charge in [-0.15, -0.1) is 0 Å². The summed E-state index contributed by atoms with van der Waals surface area (Å²) in [7, 11) is 3.09. The molecule has 0 radical (unpaired) electrons. The first-order chi connectivity index (χ1) is 11.6. The molecule has 1 heterocycles. The lowest BCUT2D eigenvalue weighted by Gasteiger charge is -2.05. The molecule has 0 saturated heterocycles. The van der Waals surface area contributed by atoms with Crippen LogP contribution in [0.5, 0.6) is 11.5 Å². The average Bonchev–Trinajstić information content (AvgIpc) is 3.04. The summed E-state index contributed by atoms with van der Waals surface area (Å²) in [6.45, 7) is -0.138. The quantitative estimate of drug-likeness (QED) is 0.725. The van der Waals surface area contributed by atoms with Gasteiger partial charge < -0.3 is 19.2 Å². The fraction of sp³-hybridized carbons (Fsp3) is 0.167. The molecular formula is C18H16FNO4. The average molecular weight is 329 g/mol. The predicted molar refractivity (Wildman–Crippen MR) is 86.9 cm³/mol. The number of nitrogens with one attached hydrogen (secondary N) is 1. The highest BCUT2D eigenvalue weighted by Gasteiger charge is 2.15. The number of carbonyl (C=O) groups is 1. The highest BCUT2D eigenvalue weighted by atomic mass is 19.1. The van der Waals surface area contributed by atoms with Gasteiger partial charge in [0.15, 0.2) is 0 Å². The Kier molecular flexibility index (Phi) is 4.37. The van der Waals surface area contributed by atoms with Gasteiger partial charge in [-0.05, 0) is 18.2 Å². The molecule has 0 saturated carbocycles. The van der Waals surface area contributed by atoms with Crippen LogP contribution in [0.4, 0.5) is 4.39 Å². The Hall–Kier alpha value is -3.02. The van der Waals surface area contributed by atoms with Crippen LogP contribution in [0, 0.1) is 5.82 Å². The smallest absolute Gasteiger partial charge is 0.355 e. The second kappa shape index (κ2) is 6.62. The van der Waals surface area contributed by atoms with Crippen LogP contribution in [0.3, 0.4) is 0 Å². The van der Waals surface area contributed by atoms with E-state index in [2.05, 4.69) is 4.98 Å². The molecule has 1 aromatic heterocycles. The van der Waals surface area contributed by atoms with E-state index in [1.807, 2.05) is 0 Å². The van der Waals surface area contributed by atoms with Crippen molar-refractivity contribution in [1.82, 2.24) is 4.98 Å². The van der Waals surface area contributed by atoms with E-state index in [0.29, 0.717) is 22.6 Å². The Labute approximate surface area is 138 Å². The number of halogens is 1. The Morgan fingerprint density at radius 1 is 1.12 bits per heavy atom. The zero-order chi connectivity index (χ0) is 17.1. The minimum Gasteiger partial charge on any atom is -0.497 e. The molecule has 6 heteroatoms. The summed E-state index contributed by atoms with van der Waals surface area (Å²) in [5, 5.41) is 0.754. The Morgan fingerprint density at radius 3 is 2.62 bits per heavy atom. The van der Waals surface area contributed by atoms with Gasteiger partial charge in [0, 0.05) is 17.0 Å². The van der Waals surface area contributed by atoms with Crippen molar-refractivity contribution in [3.8, 4) is 11.5 Å². The van der Waals surface area contributed by atoms with E-state index in [1.54, 1.807) is 43.5 Å². The number of carbonyl (C=O) groups excluding carboxylic acids is 1. The summed E-state index contributed by atoms with van der Waals surface area (Å²) in [5.74, 6) is 0.186. The van der Waals surface area contributed by atoms with Crippen LogP contribution in [0.2, 0.25) is 0 Å². The Balaban J connectivity index is 1.84. The summed E-state index contributed by atoms with van der Waals surface area (Å²) in [6, 6.07) is 11.3. The van der Waals surface area contributed by atoms with E-state index in [0.717, 1.165) is 5.39 Å². The molecule has 0 aliphatic rings. The van der Waals surface area contributed by atoms with Crippen LogP contribution in [0.15, 0.2) is 42.5 Å². The van der Waals surface area contributed by atoms with Gasteiger partial charge >= 0.3 is 5.97 Å². The zero-order valence-electron chi connectivity index (χ0n) is 13.3. The molecular weight excluding hydrogens is 313 g/mol. The first-order valence-corrected chi connectivity index (χ1v) is 7.27. The molecule has 2 aromatic carbocycles. The van der Waals surface area contributed by atoms with Crippen LogP contribution < -0.4 is 9.47 Å². The minimum atomic E-state index is -0.574. The molecule has 0 fully saturated rings. The highest BCUT2D eigenvalue weighted by Crippen LogP contribution is 2.31. The van der Waals surface area contributed by atoms with Crippen LogP contribution in [0.25, 0.3) is 10.9 Å². The van der Waals surface area contributed by atoms with Crippen LogP contribution in [-0.2, 0) is 11.3 Å². The van der Waals surface area contributed by atoms with Crippen LogP contribution >= 0.6 is 0 Å². The third-order valence-electron chi connectivity index (χ3n) is 3.66. The maximum atomic E-state index is 13.6. The maximum absolute atomic E-state index is 13.6. The lowest BCUT2D eigenvalue weighted by molar-refractivity contribution is 0.0463. The number of H-pyrrole nitrogens is 1. The van der Waals surface area contributed by atoms with Gasteiger partial charge in [0.2, 0.25) is 0 Å². The van der Waals surface area contributed by atoms with Crippen molar-refractivity contribution in [3.63, 3.8) is 0 Å². The van der Waals surface area contributed by atoms with E-state index in [9.17, 15) is 9.18 Å². The summed E-state index contributed by atoms with van der Waals surface area (Å²) in [6.07, 6.45) is 0. The van der Waals surface area contributed by atoms with E-state index in [4.69, 9.17) is 14.2 Å². The lowest BCUT2D eigenvalue weighted by atomic mass is 10.2. The topological polar surface area (TPSA) is 60.5 Å². The second-order valence-corrected chi connectivity index (χ2v) is 5.14. The van der Waals surface area contributed by atoms with Crippen molar-refractivity contribution in [2.24, 2.45) is 0 Å². The van der Waals surface area contributed by atoms with Gasteiger partial charge in [-0.1, -0.05) is 18.2 Å². The number of esters is 1. The summed E-state index contributed by atoms with van der Waals surface area (Å²) < 4.78 is 29.2. The molecule has 0 aliphatic carbocycles. The van der Waals surface area contributed by atoms with Gasteiger partial charge in [-0.3, -0.25) is 0 Å². The standard InChI is InChI=1S/C18H16FNO4/c1-22-13-7-12-8-15(20-17(12)16(9-13)23-2)18(21)24-10-11-5-3-4-6-14(11)19/h3-9,20H,10H2,1-2H3. The lowest BCUT2D eigenvalue weighted by Crippen LogP contribution is -2.06. The third kappa shape index (κ3) is 3.03.